The highest BCUT2D eigenvalue weighted by atomic mass is 16.6. The monoisotopic (exact) mass is 325 g/mol. The zero-order chi connectivity index (χ0) is 17.3. The summed E-state index contributed by atoms with van der Waals surface area (Å²) in [6.45, 7) is 3.40. The number of Topliss-reactive ketones (excluding diaryl/α,β-unsaturated/α-hetero) is 1. The molecule has 0 spiro atoms. The highest BCUT2D eigenvalue weighted by Crippen LogP contribution is 2.29. The first-order valence-corrected chi connectivity index (χ1v) is 8.03. The van der Waals surface area contributed by atoms with Crippen molar-refractivity contribution in [3.8, 4) is 5.75 Å². The van der Waals surface area contributed by atoms with Crippen molar-refractivity contribution in [3.05, 3.63) is 68.8 Å². The van der Waals surface area contributed by atoms with Crippen molar-refractivity contribution in [2.75, 3.05) is 0 Å². The fourth-order valence-corrected chi connectivity index (χ4v) is 3.07. The lowest BCUT2D eigenvalue weighted by molar-refractivity contribution is -0.386. The number of hydrogen-bond donors (Lipinski definition) is 0. The van der Waals surface area contributed by atoms with Gasteiger partial charge in [0.05, 0.1) is 4.92 Å². The normalized spacial score (nSPS) is 14.1. The van der Waals surface area contributed by atoms with E-state index in [0.29, 0.717) is 5.56 Å². The largest absolute Gasteiger partial charge is 0.475 e. The summed E-state index contributed by atoms with van der Waals surface area (Å²) >= 11 is 0. The van der Waals surface area contributed by atoms with Crippen LogP contribution in [0.1, 0.15) is 40.4 Å². The Labute approximate surface area is 140 Å². The Bertz CT molecular complexity index is 813. The maximum Gasteiger partial charge on any atom is 0.311 e. The molecule has 0 radical (unpaired) electrons. The topological polar surface area (TPSA) is 69.4 Å². The molecule has 1 aliphatic rings. The molecule has 1 atom stereocenters. The summed E-state index contributed by atoms with van der Waals surface area (Å²) in [5.74, 6) is -0.0489. The van der Waals surface area contributed by atoms with Crippen LogP contribution in [0, 0.1) is 17.0 Å². The molecule has 0 amide bonds. The van der Waals surface area contributed by atoms with Crippen molar-refractivity contribution < 1.29 is 14.5 Å². The Morgan fingerprint density at radius 1 is 1.17 bits per heavy atom. The first kappa shape index (κ1) is 16.2. The number of aryl methyl sites for hydroxylation is 3. The van der Waals surface area contributed by atoms with Gasteiger partial charge in [-0.05, 0) is 61.9 Å². The molecular weight excluding hydrogens is 306 g/mol. The number of ketones is 1. The molecular formula is C19H19NO4. The van der Waals surface area contributed by atoms with Gasteiger partial charge < -0.3 is 4.74 Å². The molecule has 2 aromatic carbocycles. The summed E-state index contributed by atoms with van der Waals surface area (Å²) in [6.07, 6.45) is 2.39. The van der Waals surface area contributed by atoms with E-state index < -0.39 is 11.0 Å². The summed E-state index contributed by atoms with van der Waals surface area (Å²) < 4.78 is 5.61. The molecule has 0 aliphatic heterocycles. The Kier molecular flexibility index (Phi) is 4.34. The van der Waals surface area contributed by atoms with Gasteiger partial charge in [0.25, 0.3) is 0 Å². The van der Waals surface area contributed by atoms with E-state index in [4.69, 9.17) is 4.74 Å². The maximum atomic E-state index is 12.6. The first-order chi connectivity index (χ1) is 11.5. The predicted molar refractivity (Wildman–Crippen MR) is 90.7 cm³/mol. The number of carbonyl (C=O) groups excluding carboxylic acids is 1. The lowest BCUT2D eigenvalue weighted by Crippen LogP contribution is -2.24. The van der Waals surface area contributed by atoms with Crippen LogP contribution in [0.25, 0.3) is 0 Å². The van der Waals surface area contributed by atoms with Crippen molar-refractivity contribution in [2.24, 2.45) is 0 Å². The van der Waals surface area contributed by atoms with E-state index in [0.717, 1.165) is 24.8 Å². The molecule has 5 heteroatoms. The highest BCUT2D eigenvalue weighted by Gasteiger charge is 2.23. The van der Waals surface area contributed by atoms with Crippen LogP contribution in [0.3, 0.4) is 0 Å². The fraction of sp³-hybridized carbons (Fsp3) is 0.316. The van der Waals surface area contributed by atoms with E-state index in [2.05, 4.69) is 0 Å². The summed E-state index contributed by atoms with van der Waals surface area (Å²) in [4.78, 5) is 23.3. The van der Waals surface area contributed by atoms with Gasteiger partial charge in [-0.1, -0.05) is 18.2 Å². The number of carbonyl (C=O) groups is 1. The van der Waals surface area contributed by atoms with E-state index in [9.17, 15) is 14.9 Å². The van der Waals surface area contributed by atoms with Gasteiger partial charge in [0, 0.05) is 11.6 Å². The number of hydrogen-bond acceptors (Lipinski definition) is 4. The van der Waals surface area contributed by atoms with Gasteiger partial charge in [-0.15, -0.1) is 0 Å². The molecule has 0 N–H and O–H groups in total. The SMILES string of the molecule is Cc1ccc(O[C@@H](C)C(=O)c2ccc3c(c2)CCC3)c([N+](=O)[O-])c1. The minimum Gasteiger partial charge on any atom is -0.475 e. The van der Waals surface area contributed by atoms with Crippen molar-refractivity contribution in [1.29, 1.82) is 0 Å². The number of nitro benzene ring substituents is 1. The molecule has 0 aromatic heterocycles. The molecule has 24 heavy (non-hydrogen) atoms. The van der Waals surface area contributed by atoms with Crippen LogP contribution in [-0.4, -0.2) is 16.8 Å². The molecule has 0 heterocycles. The maximum absolute atomic E-state index is 12.6. The molecule has 124 valence electrons. The van der Waals surface area contributed by atoms with Crippen molar-refractivity contribution in [3.63, 3.8) is 0 Å². The average molecular weight is 325 g/mol. The van der Waals surface area contributed by atoms with E-state index in [1.807, 2.05) is 18.2 Å². The minimum atomic E-state index is -0.786. The standard InChI is InChI=1S/C19H19NO4/c1-12-6-9-18(17(10-12)20(22)23)24-13(2)19(21)16-8-7-14-4-3-5-15(14)11-16/h6-11,13H,3-5H2,1-2H3/t13-/m0/s1. The number of ether oxygens (including phenoxy) is 1. The summed E-state index contributed by atoms with van der Waals surface area (Å²) in [7, 11) is 0. The third-order valence-electron chi connectivity index (χ3n) is 4.37. The third kappa shape index (κ3) is 3.15. The lowest BCUT2D eigenvalue weighted by Gasteiger charge is -2.14. The van der Waals surface area contributed by atoms with Crippen LogP contribution in [-0.2, 0) is 12.8 Å². The Morgan fingerprint density at radius 3 is 2.67 bits per heavy atom. The summed E-state index contributed by atoms with van der Waals surface area (Å²) in [5.41, 5.74) is 3.76. The molecule has 5 nitrogen and oxygen atoms in total. The van der Waals surface area contributed by atoms with Crippen LogP contribution in [0.4, 0.5) is 5.69 Å². The second-order valence-corrected chi connectivity index (χ2v) is 6.19. The molecule has 0 unspecified atom stereocenters. The van der Waals surface area contributed by atoms with Gasteiger partial charge in [-0.2, -0.15) is 0 Å². The van der Waals surface area contributed by atoms with Gasteiger partial charge >= 0.3 is 5.69 Å². The molecule has 0 saturated heterocycles. The van der Waals surface area contributed by atoms with Crippen LogP contribution in [0.15, 0.2) is 36.4 Å². The van der Waals surface area contributed by atoms with Crippen LogP contribution in [0.2, 0.25) is 0 Å². The van der Waals surface area contributed by atoms with Crippen molar-refractivity contribution in [2.45, 2.75) is 39.2 Å². The second kappa shape index (κ2) is 6.43. The quantitative estimate of drug-likeness (QED) is 0.472. The van der Waals surface area contributed by atoms with Crippen LogP contribution < -0.4 is 4.74 Å². The second-order valence-electron chi connectivity index (χ2n) is 6.19. The van der Waals surface area contributed by atoms with E-state index in [1.54, 1.807) is 26.0 Å². The zero-order valence-electron chi connectivity index (χ0n) is 13.7. The molecule has 1 aliphatic carbocycles. The summed E-state index contributed by atoms with van der Waals surface area (Å²) in [6, 6.07) is 10.5. The van der Waals surface area contributed by atoms with Gasteiger partial charge in [0.1, 0.15) is 0 Å². The predicted octanol–water partition coefficient (Wildman–Crippen LogP) is 4.04. The number of fused-ring (bicyclic) bond motifs is 1. The van der Waals surface area contributed by atoms with Gasteiger partial charge in [0.2, 0.25) is 5.78 Å². The Hall–Kier alpha value is -2.69. The van der Waals surface area contributed by atoms with E-state index in [-0.39, 0.29) is 17.2 Å². The van der Waals surface area contributed by atoms with Crippen molar-refractivity contribution in [1.82, 2.24) is 0 Å². The van der Waals surface area contributed by atoms with Gasteiger partial charge in [-0.25, -0.2) is 0 Å². The van der Waals surface area contributed by atoms with Crippen LogP contribution in [0.5, 0.6) is 5.75 Å². The lowest BCUT2D eigenvalue weighted by atomic mass is 10.0. The smallest absolute Gasteiger partial charge is 0.311 e. The van der Waals surface area contributed by atoms with Gasteiger partial charge in [-0.3, -0.25) is 14.9 Å². The number of benzene rings is 2. The van der Waals surface area contributed by atoms with Gasteiger partial charge in [0.15, 0.2) is 11.9 Å². The molecule has 0 fully saturated rings. The fourth-order valence-electron chi connectivity index (χ4n) is 3.07. The molecule has 0 saturated carbocycles. The van der Waals surface area contributed by atoms with Crippen molar-refractivity contribution >= 4 is 11.5 Å². The molecule has 2 aromatic rings. The Balaban J connectivity index is 1.81. The first-order valence-electron chi connectivity index (χ1n) is 8.03. The zero-order valence-corrected chi connectivity index (χ0v) is 13.7. The van der Waals surface area contributed by atoms with E-state index in [1.165, 1.54) is 17.2 Å². The molecule has 3 rings (SSSR count). The third-order valence-corrected chi connectivity index (χ3v) is 4.37. The highest BCUT2D eigenvalue weighted by molar-refractivity contribution is 5.99. The molecule has 0 bridgehead atoms. The number of nitro groups is 1. The summed E-state index contributed by atoms with van der Waals surface area (Å²) in [5, 5.41) is 11.2. The minimum absolute atomic E-state index is 0.118. The average Bonchev–Trinajstić information content (AvgIpc) is 3.03. The Morgan fingerprint density at radius 2 is 1.92 bits per heavy atom. The van der Waals surface area contributed by atoms with E-state index >= 15 is 0 Å². The number of rotatable bonds is 5. The number of nitrogens with zero attached hydrogens (tertiary/aromatic N) is 1. The van der Waals surface area contributed by atoms with Crippen LogP contribution >= 0.6 is 0 Å².